The number of nitrogens with two attached hydrogens (primary N) is 1. The van der Waals surface area contributed by atoms with Crippen molar-refractivity contribution in [3.8, 4) is 11.3 Å². The van der Waals surface area contributed by atoms with Gasteiger partial charge in [0.15, 0.2) is 0 Å². The summed E-state index contributed by atoms with van der Waals surface area (Å²) < 4.78 is 7.18. The number of aromatic nitrogens is 2. The van der Waals surface area contributed by atoms with E-state index in [-0.39, 0.29) is 12.5 Å². The summed E-state index contributed by atoms with van der Waals surface area (Å²) in [6, 6.07) is 13.5. The highest BCUT2D eigenvalue weighted by Crippen LogP contribution is 2.37. The average Bonchev–Trinajstić information content (AvgIpc) is 3.35. The van der Waals surface area contributed by atoms with Crippen LogP contribution in [0.3, 0.4) is 0 Å². The third kappa shape index (κ3) is 3.30. The van der Waals surface area contributed by atoms with Gasteiger partial charge in [-0.25, -0.2) is 4.98 Å². The second kappa shape index (κ2) is 7.28. The lowest BCUT2D eigenvalue weighted by molar-refractivity contribution is -0.117. The first kappa shape index (κ1) is 18.9. The SMILES string of the molecule is Cc1cccc2c1-c1cc3ccc(C(N)=O)cc3n1C=C(C(=O)NCc1ncco1)C2. The Kier molecular flexibility index (Phi) is 4.43. The van der Waals surface area contributed by atoms with Crippen molar-refractivity contribution in [2.75, 3.05) is 0 Å². The normalized spacial score (nSPS) is 12.6. The zero-order chi connectivity index (χ0) is 21.5. The van der Waals surface area contributed by atoms with Gasteiger partial charge in [0.05, 0.1) is 24.0 Å². The molecule has 2 aromatic heterocycles. The molecule has 7 nitrogen and oxygen atoms in total. The van der Waals surface area contributed by atoms with Crippen LogP contribution in [0, 0.1) is 6.92 Å². The second-order valence-corrected chi connectivity index (χ2v) is 7.59. The fraction of sp³-hybridized carbons (Fsp3) is 0.125. The quantitative estimate of drug-likeness (QED) is 0.536. The van der Waals surface area contributed by atoms with E-state index in [4.69, 9.17) is 10.2 Å². The Morgan fingerprint density at radius 1 is 1.23 bits per heavy atom. The molecule has 7 heteroatoms. The van der Waals surface area contributed by atoms with Gasteiger partial charge in [-0.1, -0.05) is 24.3 Å². The largest absolute Gasteiger partial charge is 0.447 e. The highest BCUT2D eigenvalue weighted by Gasteiger charge is 2.23. The van der Waals surface area contributed by atoms with Crippen molar-refractivity contribution < 1.29 is 14.0 Å². The Labute approximate surface area is 178 Å². The van der Waals surface area contributed by atoms with Gasteiger partial charge in [0.2, 0.25) is 17.7 Å². The first-order valence-corrected chi connectivity index (χ1v) is 9.92. The first-order valence-electron chi connectivity index (χ1n) is 9.92. The van der Waals surface area contributed by atoms with E-state index in [9.17, 15) is 9.59 Å². The lowest BCUT2D eigenvalue weighted by atomic mass is 9.95. The van der Waals surface area contributed by atoms with Crippen LogP contribution in [0.5, 0.6) is 0 Å². The van der Waals surface area contributed by atoms with Crippen LogP contribution in [-0.4, -0.2) is 21.4 Å². The van der Waals surface area contributed by atoms with Crippen LogP contribution in [0.25, 0.3) is 28.4 Å². The Hall–Kier alpha value is -4.13. The molecule has 1 aliphatic heterocycles. The van der Waals surface area contributed by atoms with E-state index in [0.717, 1.165) is 33.3 Å². The molecule has 0 atom stereocenters. The Bertz CT molecular complexity index is 1360. The molecule has 0 aliphatic carbocycles. The number of carbonyl (C=O) groups excluding carboxylic acids is 2. The molecule has 2 amide bonds. The zero-order valence-corrected chi connectivity index (χ0v) is 16.9. The van der Waals surface area contributed by atoms with Gasteiger partial charge in [-0.15, -0.1) is 0 Å². The molecule has 0 saturated carbocycles. The molecule has 0 unspecified atom stereocenters. The highest BCUT2D eigenvalue weighted by molar-refractivity contribution is 6.02. The number of oxazole rings is 1. The molecule has 0 radical (unpaired) electrons. The van der Waals surface area contributed by atoms with Gasteiger partial charge in [0.25, 0.3) is 0 Å². The van der Waals surface area contributed by atoms with Gasteiger partial charge in [0.1, 0.15) is 6.26 Å². The molecular formula is C24H20N4O3. The van der Waals surface area contributed by atoms with Crippen molar-refractivity contribution >= 4 is 28.9 Å². The number of nitrogens with zero attached hydrogens (tertiary/aromatic N) is 2. The first-order chi connectivity index (χ1) is 15.0. The molecule has 154 valence electrons. The number of hydrogen-bond acceptors (Lipinski definition) is 4. The average molecular weight is 412 g/mol. The summed E-state index contributed by atoms with van der Waals surface area (Å²) in [7, 11) is 0. The van der Waals surface area contributed by atoms with Crippen molar-refractivity contribution in [2.24, 2.45) is 5.73 Å². The van der Waals surface area contributed by atoms with Crippen LogP contribution in [0.4, 0.5) is 0 Å². The maximum Gasteiger partial charge on any atom is 0.249 e. The van der Waals surface area contributed by atoms with Gasteiger partial charge in [-0.2, -0.15) is 0 Å². The maximum atomic E-state index is 13.0. The third-order valence-electron chi connectivity index (χ3n) is 5.58. The molecule has 31 heavy (non-hydrogen) atoms. The van der Waals surface area contributed by atoms with E-state index in [1.165, 1.54) is 6.26 Å². The summed E-state index contributed by atoms with van der Waals surface area (Å²) in [4.78, 5) is 28.8. The summed E-state index contributed by atoms with van der Waals surface area (Å²) in [6.45, 7) is 2.26. The number of nitrogens with one attached hydrogen (secondary N) is 1. The van der Waals surface area contributed by atoms with Crippen LogP contribution in [-0.2, 0) is 17.8 Å². The zero-order valence-electron chi connectivity index (χ0n) is 16.9. The number of hydrogen-bond donors (Lipinski definition) is 2. The van der Waals surface area contributed by atoms with Gasteiger partial charge >= 0.3 is 0 Å². The summed E-state index contributed by atoms with van der Waals surface area (Å²) in [5.41, 5.74) is 11.6. The van der Waals surface area contributed by atoms with E-state index >= 15 is 0 Å². The monoisotopic (exact) mass is 412 g/mol. The van der Waals surface area contributed by atoms with E-state index in [1.807, 2.05) is 29.0 Å². The van der Waals surface area contributed by atoms with E-state index in [0.29, 0.717) is 23.4 Å². The number of benzene rings is 2. The van der Waals surface area contributed by atoms with Gasteiger partial charge in [0, 0.05) is 34.7 Å². The molecule has 1 aliphatic rings. The standard InChI is InChI=1S/C24H20N4O3/c1-14-3-2-4-16-9-18(24(30)27-12-21-26-7-8-31-21)13-28-19-11-17(23(25)29)6-5-15(19)10-20(28)22(14)16/h2-8,10-11,13H,9,12H2,1H3,(H2,25,29)(H,27,30). The van der Waals surface area contributed by atoms with Crippen molar-refractivity contribution in [2.45, 2.75) is 19.9 Å². The highest BCUT2D eigenvalue weighted by atomic mass is 16.3. The fourth-order valence-electron chi connectivity index (χ4n) is 4.10. The molecule has 3 N–H and O–H groups in total. The van der Waals surface area contributed by atoms with Crippen LogP contribution in [0.15, 0.2) is 64.9 Å². The number of carbonyl (C=O) groups is 2. The van der Waals surface area contributed by atoms with Crippen molar-refractivity contribution in [1.29, 1.82) is 0 Å². The molecule has 0 spiro atoms. The molecule has 5 rings (SSSR count). The predicted octanol–water partition coefficient (Wildman–Crippen LogP) is 3.42. The summed E-state index contributed by atoms with van der Waals surface area (Å²) in [5, 5.41) is 3.84. The minimum Gasteiger partial charge on any atom is -0.447 e. The molecule has 0 fully saturated rings. The van der Waals surface area contributed by atoms with Crippen molar-refractivity contribution in [3.05, 3.63) is 83.1 Å². The number of primary amides is 1. The third-order valence-corrected chi connectivity index (χ3v) is 5.58. The summed E-state index contributed by atoms with van der Waals surface area (Å²) >= 11 is 0. The van der Waals surface area contributed by atoms with Crippen LogP contribution in [0.1, 0.15) is 27.4 Å². The van der Waals surface area contributed by atoms with E-state index in [1.54, 1.807) is 18.3 Å². The van der Waals surface area contributed by atoms with E-state index < -0.39 is 5.91 Å². The molecule has 2 aromatic carbocycles. The number of aryl methyl sites for hydroxylation is 1. The van der Waals surface area contributed by atoms with Crippen LogP contribution in [0.2, 0.25) is 0 Å². The smallest absolute Gasteiger partial charge is 0.249 e. The van der Waals surface area contributed by atoms with Crippen molar-refractivity contribution in [3.63, 3.8) is 0 Å². The van der Waals surface area contributed by atoms with E-state index in [2.05, 4.69) is 29.4 Å². The second-order valence-electron chi connectivity index (χ2n) is 7.59. The number of rotatable bonds is 4. The Morgan fingerprint density at radius 2 is 2.10 bits per heavy atom. The molecule has 0 bridgehead atoms. The van der Waals surface area contributed by atoms with Gasteiger partial charge in [-0.3, -0.25) is 9.59 Å². The van der Waals surface area contributed by atoms with Crippen LogP contribution < -0.4 is 11.1 Å². The molecule has 0 saturated heterocycles. The fourth-order valence-corrected chi connectivity index (χ4v) is 4.10. The molecule has 3 heterocycles. The lowest BCUT2D eigenvalue weighted by Gasteiger charge is -2.11. The van der Waals surface area contributed by atoms with Gasteiger partial charge < -0.3 is 20.0 Å². The minimum absolute atomic E-state index is 0.202. The van der Waals surface area contributed by atoms with Crippen LogP contribution >= 0.6 is 0 Å². The maximum absolute atomic E-state index is 13.0. The van der Waals surface area contributed by atoms with Gasteiger partial charge in [-0.05, 0) is 36.2 Å². The number of amides is 2. The Balaban J connectivity index is 1.66. The van der Waals surface area contributed by atoms with Crippen molar-refractivity contribution in [1.82, 2.24) is 14.9 Å². The lowest BCUT2D eigenvalue weighted by Crippen LogP contribution is -2.25. The predicted molar refractivity (Wildman–Crippen MR) is 117 cm³/mol. The Morgan fingerprint density at radius 3 is 2.87 bits per heavy atom. The summed E-state index contributed by atoms with van der Waals surface area (Å²) in [5.74, 6) is -0.251. The molecular weight excluding hydrogens is 392 g/mol. The minimum atomic E-state index is -0.490. The molecule has 4 aromatic rings. The topological polar surface area (TPSA) is 103 Å². The summed E-state index contributed by atoms with van der Waals surface area (Å²) in [6.07, 6.45) is 5.33. The number of fused-ring (bicyclic) bond motifs is 5.